The third-order valence-electron chi connectivity index (χ3n) is 5.13. The van der Waals surface area contributed by atoms with Gasteiger partial charge >= 0.3 is 6.18 Å². The van der Waals surface area contributed by atoms with E-state index in [1.54, 1.807) is 38.2 Å². The number of carbonyl (C=O) groups excluding carboxylic acids is 1. The Balaban J connectivity index is 1.62. The van der Waals surface area contributed by atoms with Gasteiger partial charge in [0, 0.05) is 29.6 Å². The summed E-state index contributed by atoms with van der Waals surface area (Å²) in [6, 6.07) is 7.19. The van der Waals surface area contributed by atoms with E-state index in [4.69, 9.17) is 5.73 Å². The molecule has 0 atom stereocenters. The highest BCUT2D eigenvalue weighted by atomic mass is 19.4. The normalized spacial score (nSPS) is 11.7. The smallest absolute Gasteiger partial charge is 0.366 e. The number of nitrogen functional groups attached to an aromatic ring is 1. The van der Waals surface area contributed by atoms with E-state index in [0.717, 1.165) is 11.6 Å². The summed E-state index contributed by atoms with van der Waals surface area (Å²) in [5, 5.41) is 6.49. The van der Waals surface area contributed by atoms with Crippen LogP contribution in [0, 0.1) is 19.7 Å². The Morgan fingerprint density at radius 2 is 1.85 bits per heavy atom. The molecule has 0 saturated heterocycles. The van der Waals surface area contributed by atoms with Crippen LogP contribution in [-0.2, 0) is 12.7 Å². The zero-order valence-corrected chi connectivity index (χ0v) is 17.5. The van der Waals surface area contributed by atoms with Crippen LogP contribution in [0.4, 0.5) is 23.5 Å². The number of nitrogens with zero attached hydrogens (tertiary/aromatic N) is 4. The third-order valence-corrected chi connectivity index (χ3v) is 5.13. The maximum absolute atomic E-state index is 14.0. The van der Waals surface area contributed by atoms with Crippen LogP contribution >= 0.6 is 0 Å². The molecule has 4 aromatic rings. The fraction of sp³-hybridized carbons (Fsp3) is 0.182. The second kappa shape index (κ2) is 8.15. The van der Waals surface area contributed by atoms with E-state index >= 15 is 0 Å². The van der Waals surface area contributed by atoms with Crippen LogP contribution < -0.4 is 11.1 Å². The fourth-order valence-corrected chi connectivity index (χ4v) is 3.47. The number of nitrogens with two attached hydrogens (primary N) is 1. The highest BCUT2D eigenvalue weighted by molar-refractivity contribution is 5.96. The molecule has 1 aromatic carbocycles. The molecule has 0 radical (unpaired) electrons. The van der Waals surface area contributed by atoms with Gasteiger partial charge in [0.05, 0.1) is 16.8 Å². The van der Waals surface area contributed by atoms with Gasteiger partial charge in [-0.25, -0.2) is 8.91 Å². The minimum Gasteiger partial charge on any atom is -0.366 e. The quantitative estimate of drug-likeness (QED) is 0.449. The Morgan fingerprint density at radius 3 is 2.58 bits per heavy atom. The summed E-state index contributed by atoms with van der Waals surface area (Å²) in [4.78, 5) is 21.3. The number of aryl methyl sites for hydroxylation is 2. The van der Waals surface area contributed by atoms with Crippen molar-refractivity contribution in [1.82, 2.24) is 24.9 Å². The number of anilines is 1. The number of hydrogen-bond donors (Lipinski definition) is 2. The molecule has 0 fully saturated rings. The Hall–Kier alpha value is -4.02. The standard InChI is InChI=1S/C22H18F4N6O/c1-11-16(13-5-6-32-19(8-13)30-21(27)31-32)9-17(12(2)29-11)20(33)28-10-14-7-15(22(24,25)26)3-4-18(14)23/h3-9H,10H2,1-2H3,(H2,27,31)(H,28,33). The Kier molecular flexibility index (Phi) is 5.48. The number of hydrogen-bond acceptors (Lipinski definition) is 5. The van der Waals surface area contributed by atoms with Crippen molar-refractivity contribution in [2.24, 2.45) is 0 Å². The molecule has 7 nitrogen and oxygen atoms in total. The fourth-order valence-electron chi connectivity index (χ4n) is 3.47. The van der Waals surface area contributed by atoms with Gasteiger partial charge in [0.15, 0.2) is 5.65 Å². The topological polar surface area (TPSA) is 98.2 Å². The van der Waals surface area contributed by atoms with Crippen LogP contribution in [-0.4, -0.2) is 25.5 Å². The van der Waals surface area contributed by atoms with E-state index in [1.165, 1.54) is 4.52 Å². The van der Waals surface area contributed by atoms with Gasteiger partial charge in [-0.05, 0) is 55.8 Å². The van der Waals surface area contributed by atoms with E-state index in [0.29, 0.717) is 34.7 Å². The average Bonchev–Trinajstić information content (AvgIpc) is 3.11. The van der Waals surface area contributed by atoms with Crippen LogP contribution in [0.5, 0.6) is 0 Å². The molecule has 4 rings (SSSR count). The van der Waals surface area contributed by atoms with Crippen LogP contribution in [0.1, 0.15) is 32.9 Å². The number of fused-ring (bicyclic) bond motifs is 1. The molecular weight excluding hydrogens is 440 g/mol. The van der Waals surface area contributed by atoms with Gasteiger partial charge in [0.1, 0.15) is 5.82 Å². The lowest BCUT2D eigenvalue weighted by Gasteiger charge is -2.13. The van der Waals surface area contributed by atoms with Crippen LogP contribution in [0.2, 0.25) is 0 Å². The highest BCUT2D eigenvalue weighted by Gasteiger charge is 2.31. The van der Waals surface area contributed by atoms with Crippen molar-refractivity contribution in [1.29, 1.82) is 0 Å². The molecule has 3 N–H and O–H groups in total. The lowest BCUT2D eigenvalue weighted by Crippen LogP contribution is -2.25. The van der Waals surface area contributed by atoms with Gasteiger partial charge in [-0.3, -0.25) is 9.78 Å². The van der Waals surface area contributed by atoms with E-state index in [-0.39, 0.29) is 17.1 Å². The number of halogens is 4. The van der Waals surface area contributed by atoms with Crippen molar-refractivity contribution >= 4 is 17.5 Å². The van der Waals surface area contributed by atoms with E-state index in [9.17, 15) is 22.4 Å². The summed E-state index contributed by atoms with van der Waals surface area (Å²) in [5.41, 5.74) is 7.53. The van der Waals surface area contributed by atoms with Crippen molar-refractivity contribution in [3.05, 3.63) is 76.5 Å². The van der Waals surface area contributed by atoms with Crippen molar-refractivity contribution in [2.75, 3.05) is 5.73 Å². The lowest BCUT2D eigenvalue weighted by molar-refractivity contribution is -0.137. The largest absolute Gasteiger partial charge is 0.416 e. The molecule has 3 heterocycles. The number of rotatable bonds is 4. The monoisotopic (exact) mass is 458 g/mol. The first-order valence-corrected chi connectivity index (χ1v) is 9.77. The number of amides is 1. The SMILES string of the molecule is Cc1nc(C)c(-c2ccn3nc(N)nc3c2)cc1C(=O)NCc1cc(C(F)(F)F)ccc1F. The van der Waals surface area contributed by atoms with Crippen molar-refractivity contribution in [3.63, 3.8) is 0 Å². The number of aromatic nitrogens is 4. The maximum Gasteiger partial charge on any atom is 0.416 e. The summed E-state index contributed by atoms with van der Waals surface area (Å²) in [6.45, 7) is 3.01. The van der Waals surface area contributed by atoms with Gasteiger partial charge in [0.25, 0.3) is 5.91 Å². The van der Waals surface area contributed by atoms with E-state index in [1.807, 2.05) is 0 Å². The van der Waals surface area contributed by atoms with Crippen LogP contribution in [0.15, 0.2) is 42.6 Å². The third kappa shape index (κ3) is 4.47. The van der Waals surface area contributed by atoms with Crippen LogP contribution in [0.3, 0.4) is 0 Å². The summed E-state index contributed by atoms with van der Waals surface area (Å²) in [5.74, 6) is -1.32. The molecule has 1 amide bonds. The van der Waals surface area contributed by atoms with E-state index < -0.39 is 30.0 Å². The Morgan fingerprint density at radius 1 is 1.09 bits per heavy atom. The predicted molar refractivity (Wildman–Crippen MR) is 113 cm³/mol. The zero-order valence-electron chi connectivity index (χ0n) is 17.5. The van der Waals surface area contributed by atoms with Crippen molar-refractivity contribution < 1.29 is 22.4 Å². The van der Waals surface area contributed by atoms with Gasteiger partial charge < -0.3 is 11.1 Å². The van der Waals surface area contributed by atoms with Crippen LogP contribution in [0.25, 0.3) is 16.8 Å². The first kappa shape index (κ1) is 22.2. The number of nitrogens with one attached hydrogen (secondary N) is 1. The first-order valence-electron chi connectivity index (χ1n) is 9.77. The summed E-state index contributed by atoms with van der Waals surface area (Å²) >= 11 is 0. The molecule has 0 aliphatic heterocycles. The Labute approximate surface area is 185 Å². The zero-order chi connectivity index (χ0) is 23.9. The molecule has 0 spiro atoms. The van der Waals surface area contributed by atoms with E-state index in [2.05, 4.69) is 20.4 Å². The molecular formula is C22H18F4N6O. The van der Waals surface area contributed by atoms with Gasteiger partial charge in [0.2, 0.25) is 5.95 Å². The molecule has 3 aromatic heterocycles. The molecule has 11 heteroatoms. The summed E-state index contributed by atoms with van der Waals surface area (Å²) in [7, 11) is 0. The van der Waals surface area contributed by atoms with Gasteiger partial charge in [-0.2, -0.15) is 18.2 Å². The predicted octanol–water partition coefficient (Wildman–Crippen LogP) is 4.08. The minimum atomic E-state index is -4.62. The molecule has 0 bridgehead atoms. The molecule has 0 aliphatic rings. The van der Waals surface area contributed by atoms with Gasteiger partial charge in [-0.1, -0.05) is 0 Å². The van der Waals surface area contributed by atoms with Crippen molar-refractivity contribution in [3.8, 4) is 11.1 Å². The van der Waals surface area contributed by atoms with Crippen molar-refractivity contribution in [2.45, 2.75) is 26.6 Å². The number of pyridine rings is 2. The maximum atomic E-state index is 14.0. The highest BCUT2D eigenvalue weighted by Crippen LogP contribution is 2.30. The second-order valence-corrected chi connectivity index (χ2v) is 7.43. The second-order valence-electron chi connectivity index (χ2n) is 7.43. The molecule has 0 saturated carbocycles. The first-order chi connectivity index (χ1) is 15.5. The minimum absolute atomic E-state index is 0.118. The number of benzene rings is 1. The number of carbonyl (C=O) groups is 1. The number of alkyl halides is 3. The average molecular weight is 458 g/mol. The molecule has 0 aliphatic carbocycles. The molecule has 170 valence electrons. The molecule has 0 unspecified atom stereocenters. The Bertz CT molecular complexity index is 1380. The van der Waals surface area contributed by atoms with Gasteiger partial charge in [-0.15, -0.1) is 5.10 Å². The lowest BCUT2D eigenvalue weighted by atomic mass is 10.0. The molecule has 33 heavy (non-hydrogen) atoms. The summed E-state index contributed by atoms with van der Waals surface area (Å²) in [6.07, 6.45) is -2.95. The summed E-state index contributed by atoms with van der Waals surface area (Å²) < 4.78 is 54.3.